The number of aliphatic hydroxyl groups is 1. The molecule has 0 spiro atoms. The molecule has 11 heavy (non-hydrogen) atoms. The van der Waals surface area contributed by atoms with Crippen LogP contribution in [-0.2, 0) is 13.9 Å². The number of hydrogen-bond acceptors (Lipinski definition) is 4. The van der Waals surface area contributed by atoms with Gasteiger partial charge in [-0.15, -0.1) is 0 Å². The summed E-state index contributed by atoms with van der Waals surface area (Å²) in [4.78, 5) is 0. The highest BCUT2D eigenvalue weighted by atomic mass is 28.2. The zero-order chi connectivity index (χ0) is 8.74. The molecule has 0 aliphatic rings. The van der Waals surface area contributed by atoms with Gasteiger partial charge in [-0.05, 0) is 13.8 Å². The van der Waals surface area contributed by atoms with Crippen molar-refractivity contribution in [1.82, 2.24) is 0 Å². The van der Waals surface area contributed by atoms with E-state index in [0.29, 0.717) is 23.7 Å². The standard InChI is InChI=1S/C6H16O4Si/c1-3-8-6(5-7,10-11)9-4-2/h7H,3-5H2,1-2,11H3. The Labute approximate surface area is 70.0 Å². The quantitative estimate of drug-likeness (QED) is 0.421. The fourth-order valence-electron chi connectivity index (χ4n) is 0.755. The lowest BCUT2D eigenvalue weighted by atomic mass is 10.6. The van der Waals surface area contributed by atoms with Gasteiger partial charge in [0, 0.05) is 13.2 Å². The minimum Gasteiger partial charge on any atom is -0.388 e. The summed E-state index contributed by atoms with van der Waals surface area (Å²) in [7, 11) is 0.474. The van der Waals surface area contributed by atoms with Crippen molar-refractivity contribution in [3.05, 3.63) is 0 Å². The van der Waals surface area contributed by atoms with Crippen molar-refractivity contribution in [2.75, 3.05) is 19.8 Å². The number of hydrogen-bond donors (Lipinski definition) is 1. The van der Waals surface area contributed by atoms with Gasteiger partial charge in [0.25, 0.3) is 5.97 Å². The summed E-state index contributed by atoms with van der Waals surface area (Å²) in [5.41, 5.74) is 0. The Bertz CT molecular complexity index is 86.6. The minimum atomic E-state index is -1.20. The first kappa shape index (κ1) is 11.1. The fourth-order valence-corrected chi connectivity index (χ4v) is 1.12. The van der Waals surface area contributed by atoms with Crippen LogP contribution in [0, 0.1) is 0 Å². The molecule has 68 valence electrons. The van der Waals surface area contributed by atoms with Crippen molar-refractivity contribution >= 4 is 10.5 Å². The Morgan fingerprint density at radius 3 is 1.91 bits per heavy atom. The average molecular weight is 180 g/mol. The first-order valence-corrected chi connectivity index (χ1v) is 4.50. The average Bonchev–Trinajstić information content (AvgIpc) is 2.04. The second kappa shape index (κ2) is 5.67. The van der Waals surface area contributed by atoms with Gasteiger partial charge in [0.15, 0.2) is 10.5 Å². The van der Waals surface area contributed by atoms with Crippen LogP contribution >= 0.6 is 0 Å². The molecule has 5 heteroatoms. The SMILES string of the molecule is CCOC(CO)(O[SiH3])OCC. The monoisotopic (exact) mass is 180 g/mol. The van der Waals surface area contributed by atoms with E-state index in [0.717, 1.165) is 0 Å². The fraction of sp³-hybridized carbons (Fsp3) is 1.00. The molecule has 0 bridgehead atoms. The van der Waals surface area contributed by atoms with Gasteiger partial charge >= 0.3 is 0 Å². The van der Waals surface area contributed by atoms with E-state index >= 15 is 0 Å². The zero-order valence-corrected chi connectivity index (χ0v) is 9.29. The zero-order valence-electron chi connectivity index (χ0n) is 7.29. The molecule has 0 aliphatic carbocycles. The van der Waals surface area contributed by atoms with Crippen LogP contribution in [0.1, 0.15) is 13.8 Å². The number of ether oxygens (including phenoxy) is 2. The van der Waals surface area contributed by atoms with Gasteiger partial charge in [-0.1, -0.05) is 0 Å². The van der Waals surface area contributed by atoms with Crippen LogP contribution in [0.5, 0.6) is 0 Å². The first-order chi connectivity index (χ1) is 5.24. The number of aliphatic hydroxyl groups excluding tert-OH is 1. The van der Waals surface area contributed by atoms with Gasteiger partial charge in [0.1, 0.15) is 6.61 Å². The minimum absolute atomic E-state index is 0.266. The Balaban J connectivity index is 3.96. The summed E-state index contributed by atoms with van der Waals surface area (Å²) in [6.45, 7) is 4.30. The smallest absolute Gasteiger partial charge is 0.297 e. The molecule has 0 aromatic carbocycles. The van der Waals surface area contributed by atoms with Crippen LogP contribution in [-0.4, -0.2) is 41.4 Å². The molecular weight excluding hydrogens is 164 g/mol. The molecule has 0 heterocycles. The lowest BCUT2D eigenvalue weighted by Gasteiger charge is -2.29. The summed E-state index contributed by atoms with van der Waals surface area (Å²) in [6, 6.07) is 0. The third kappa shape index (κ3) is 3.30. The Morgan fingerprint density at radius 1 is 1.27 bits per heavy atom. The third-order valence-electron chi connectivity index (χ3n) is 1.23. The van der Waals surface area contributed by atoms with Gasteiger partial charge < -0.3 is 19.0 Å². The third-order valence-corrected chi connectivity index (χ3v) is 1.86. The van der Waals surface area contributed by atoms with Crippen LogP contribution in [0.15, 0.2) is 0 Å². The molecule has 0 saturated carbocycles. The lowest BCUT2D eigenvalue weighted by Crippen LogP contribution is -2.42. The second-order valence-corrected chi connectivity index (χ2v) is 2.32. The van der Waals surface area contributed by atoms with Crippen LogP contribution in [0.25, 0.3) is 0 Å². The maximum atomic E-state index is 8.89. The van der Waals surface area contributed by atoms with Gasteiger partial charge in [0.05, 0.1) is 0 Å². The Hall–Kier alpha value is 0.0569. The largest absolute Gasteiger partial charge is 0.388 e. The van der Waals surface area contributed by atoms with Crippen molar-refractivity contribution < 1.29 is 19.0 Å². The Morgan fingerprint density at radius 2 is 1.73 bits per heavy atom. The van der Waals surface area contributed by atoms with E-state index in [2.05, 4.69) is 0 Å². The molecule has 0 atom stereocenters. The summed E-state index contributed by atoms with van der Waals surface area (Å²) in [6.07, 6.45) is 0. The van der Waals surface area contributed by atoms with Gasteiger partial charge in [0.2, 0.25) is 0 Å². The van der Waals surface area contributed by atoms with Crippen molar-refractivity contribution in [1.29, 1.82) is 0 Å². The van der Waals surface area contributed by atoms with E-state index in [1.165, 1.54) is 0 Å². The lowest BCUT2D eigenvalue weighted by molar-refractivity contribution is -0.353. The maximum Gasteiger partial charge on any atom is 0.297 e. The summed E-state index contributed by atoms with van der Waals surface area (Å²) in [5, 5.41) is 8.89. The van der Waals surface area contributed by atoms with E-state index in [9.17, 15) is 0 Å². The molecule has 0 aromatic heterocycles. The summed E-state index contributed by atoms with van der Waals surface area (Å²) in [5.74, 6) is -1.20. The molecule has 0 saturated heterocycles. The predicted molar refractivity (Wildman–Crippen MR) is 44.1 cm³/mol. The highest BCUT2D eigenvalue weighted by molar-refractivity contribution is 5.98. The van der Waals surface area contributed by atoms with Crippen molar-refractivity contribution in [3.8, 4) is 0 Å². The molecule has 0 rings (SSSR count). The highest BCUT2D eigenvalue weighted by Gasteiger charge is 2.29. The van der Waals surface area contributed by atoms with Crippen LogP contribution in [0.2, 0.25) is 0 Å². The molecule has 4 nitrogen and oxygen atoms in total. The molecule has 0 amide bonds. The molecule has 0 radical (unpaired) electrons. The van der Waals surface area contributed by atoms with E-state index in [4.69, 9.17) is 19.0 Å². The van der Waals surface area contributed by atoms with Crippen molar-refractivity contribution in [2.45, 2.75) is 19.8 Å². The van der Waals surface area contributed by atoms with Crippen LogP contribution < -0.4 is 0 Å². The molecular formula is C6H16O4Si. The van der Waals surface area contributed by atoms with Gasteiger partial charge in [-0.2, -0.15) is 0 Å². The van der Waals surface area contributed by atoms with E-state index in [1.807, 2.05) is 13.8 Å². The van der Waals surface area contributed by atoms with E-state index in [1.54, 1.807) is 0 Å². The maximum absolute atomic E-state index is 8.89. The number of rotatable bonds is 6. The van der Waals surface area contributed by atoms with Crippen molar-refractivity contribution in [3.63, 3.8) is 0 Å². The predicted octanol–water partition coefficient (Wildman–Crippen LogP) is -0.998. The first-order valence-electron chi connectivity index (χ1n) is 3.68. The Kier molecular flexibility index (Phi) is 5.70. The molecule has 0 aliphatic heterocycles. The normalized spacial score (nSPS) is 12.3. The summed E-state index contributed by atoms with van der Waals surface area (Å²) >= 11 is 0. The molecule has 1 N–H and O–H groups in total. The second-order valence-electron chi connectivity index (χ2n) is 1.91. The van der Waals surface area contributed by atoms with Crippen LogP contribution in [0.3, 0.4) is 0 Å². The van der Waals surface area contributed by atoms with Gasteiger partial charge in [-0.25, -0.2) is 0 Å². The molecule has 0 unspecified atom stereocenters. The summed E-state index contributed by atoms with van der Waals surface area (Å²) < 4.78 is 15.2. The van der Waals surface area contributed by atoms with Crippen LogP contribution in [0.4, 0.5) is 0 Å². The topological polar surface area (TPSA) is 47.9 Å². The van der Waals surface area contributed by atoms with E-state index < -0.39 is 5.97 Å². The van der Waals surface area contributed by atoms with Crippen molar-refractivity contribution in [2.24, 2.45) is 0 Å². The molecule has 0 aromatic rings. The van der Waals surface area contributed by atoms with Gasteiger partial charge in [-0.3, -0.25) is 0 Å². The molecule has 0 fully saturated rings. The van der Waals surface area contributed by atoms with E-state index in [-0.39, 0.29) is 6.61 Å². The highest BCUT2D eigenvalue weighted by Crippen LogP contribution is 2.12.